The molecule has 3 aromatic rings. The number of aliphatic hydroxyl groups excluding tert-OH is 2. The number of carbonyl (C=O) groups is 1. The summed E-state index contributed by atoms with van der Waals surface area (Å²) in [6.45, 7) is 15.2. The Hall–Kier alpha value is -4.44. The molecule has 0 saturated heterocycles. The Labute approximate surface area is 369 Å². The average Bonchev–Trinajstić information content (AvgIpc) is 3.80. The number of benzene rings is 3. The van der Waals surface area contributed by atoms with Gasteiger partial charge in [-0.1, -0.05) is 111 Å². The monoisotopic (exact) mass is 847 g/mol. The Morgan fingerprint density at radius 2 is 1.68 bits per heavy atom. The Bertz CT molecular complexity index is 2060. The molecule has 1 amide bonds. The molecule has 0 unspecified atom stereocenters. The first kappa shape index (κ1) is 45.6. The van der Waals surface area contributed by atoms with Gasteiger partial charge in [0.15, 0.2) is 0 Å². The number of unbranched alkanes of at least 4 members (excludes halogenated alkanes) is 2. The molecule has 1 aliphatic heterocycles. The highest BCUT2D eigenvalue weighted by Gasteiger charge is 2.65. The van der Waals surface area contributed by atoms with Crippen molar-refractivity contribution in [1.29, 1.82) is 0 Å². The zero-order valence-corrected chi connectivity index (χ0v) is 37.4. The van der Waals surface area contributed by atoms with E-state index in [1.807, 2.05) is 32.9 Å². The van der Waals surface area contributed by atoms with Gasteiger partial charge in [-0.2, -0.15) is 0 Å². The summed E-state index contributed by atoms with van der Waals surface area (Å²) in [5, 5.41) is 27.2. The lowest BCUT2D eigenvalue weighted by atomic mass is 9.55. The highest BCUT2D eigenvalue weighted by atomic mass is 16.7. The second-order valence-corrected chi connectivity index (χ2v) is 18.9. The van der Waals surface area contributed by atoms with Crippen LogP contribution in [-0.2, 0) is 20.9 Å². The van der Waals surface area contributed by atoms with Crippen LogP contribution in [0.3, 0.4) is 0 Å². The molecule has 0 bridgehead atoms. The van der Waals surface area contributed by atoms with E-state index in [4.69, 9.17) is 24.2 Å². The van der Waals surface area contributed by atoms with Gasteiger partial charge in [0.2, 0.25) is 11.7 Å². The number of ether oxygens (including phenoxy) is 3. The summed E-state index contributed by atoms with van der Waals surface area (Å²) >= 11 is 0. The number of rotatable bonds is 21. The molecule has 4 aliphatic rings. The van der Waals surface area contributed by atoms with Crippen LogP contribution >= 0.6 is 0 Å². The number of fused-ring (bicyclic) bond motifs is 3. The molecule has 9 heteroatoms. The number of carbonyl (C=O) groups excluding carboxylic acids is 1. The van der Waals surface area contributed by atoms with Crippen molar-refractivity contribution < 1.29 is 34.1 Å². The molecule has 1 heterocycles. The van der Waals surface area contributed by atoms with Gasteiger partial charge < -0.3 is 34.2 Å². The van der Waals surface area contributed by atoms with Gasteiger partial charge in [0, 0.05) is 44.1 Å². The third-order valence-corrected chi connectivity index (χ3v) is 13.6. The molecule has 62 heavy (non-hydrogen) atoms. The number of hydrogen-bond donors (Lipinski definition) is 2. The van der Waals surface area contributed by atoms with E-state index in [9.17, 15) is 10.2 Å². The molecule has 3 aromatic carbocycles. The van der Waals surface area contributed by atoms with Gasteiger partial charge in [0.05, 0.1) is 18.2 Å². The minimum atomic E-state index is -1.33. The van der Waals surface area contributed by atoms with E-state index >= 15 is 4.79 Å². The largest absolute Gasteiger partial charge is 0.490 e. The highest BCUT2D eigenvalue weighted by Crippen LogP contribution is 2.62. The normalized spacial score (nSPS) is 25.1. The predicted octanol–water partition coefficient (Wildman–Crippen LogP) is 10.8. The second-order valence-electron chi connectivity index (χ2n) is 18.9. The Morgan fingerprint density at radius 1 is 0.935 bits per heavy atom. The standard InChI is InChI=1S/C53H70N2O7/c1-6-31-59-41-26-27-47-45(34-41)50-43(24-13-15-30-57)39(20-12-14-29-56)33-44-46(54-62-52(3,4)5)35-48(53(61-47,51(44)50)60-32-7-2)55(49(58)28-25-37-17-8-9-18-37)36-40-22-16-21-38-19-10-11-23-42(38)40/h6-7,10-11,16,19,21-23,26-27,33-34,37,39,43,48,50-51,56-57H,1-2,8-9,12-15,17-18,20,24-25,28-32,35-36H2,3-5H3/t39-,43+,48-,50+,51+,53+/m0/s1. The van der Waals surface area contributed by atoms with E-state index in [-0.39, 0.29) is 43.5 Å². The van der Waals surface area contributed by atoms with Crippen molar-refractivity contribution in [2.45, 2.75) is 134 Å². The van der Waals surface area contributed by atoms with Crippen LogP contribution in [0.25, 0.3) is 10.8 Å². The summed E-state index contributed by atoms with van der Waals surface area (Å²) in [6, 6.07) is 20.2. The fraction of sp³-hybridized carbons (Fsp3) is 0.547. The fourth-order valence-electron chi connectivity index (χ4n) is 10.8. The molecular formula is C53H70N2O7. The third-order valence-electron chi connectivity index (χ3n) is 13.6. The molecule has 6 atom stereocenters. The fourth-order valence-corrected chi connectivity index (χ4v) is 10.8. The first-order valence-electron chi connectivity index (χ1n) is 23.4. The summed E-state index contributed by atoms with van der Waals surface area (Å²) in [6.07, 6.45) is 17.2. The summed E-state index contributed by atoms with van der Waals surface area (Å²) in [4.78, 5) is 23.8. The van der Waals surface area contributed by atoms with Crippen molar-refractivity contribution in [3.63, 3.8) is 0 Å². The Morgan fingerprint density at radius 3 is 2.42 bits per heavy atom. The molecule has 0 spiro atoms. The van der Waals surface area contributed by atoms with Crippen LogP contribution in [0, 0.1) is 23.7 Å². The molecule has 3 aliphatic carbocycles. The Balaban J connectivity index is 1.47. The van der Waals surface area contributed by atoms with E-state index in [0.717, 1.165) is 71.0 Å². The van der Waals surface area contributed by atoms with Gasteiger partial charge in [-0.15, -0.1) is 6.58 Å². The summed E-state index contributed by atoms with van der Waals surface area (Å²) < 4.78 is 21.0. The van der Waals surface area contributed by atoms with Crippen LogP contribution in [0.15, 0.2) is 103 Å². The molecule has 2 saturated carbocycles. The molecule has 0 radical (unpaired) electrons. The molecule has 7 rings (SSSR count). The maximum atomic E-state index is 15.4. The Kier molecular flexibility index (Phi) is 15.3. The van der Waals surface area contributed by atoms with Gasteiger partial charge >= 0.3 is 0 Å². The number of amides is 1. The van der Waals surface area contributed by atoms with Gasteiger partial charge in [0.1, 0.15) is 29.7 Å². The van der Waals surface area contributed by atoms with Gasteiger partial charge in [-0.25, -0.2) is 0 Å². The molecule has 9 nitrogen and oxygen atoms in total. The predicted molar refractivity (Wildman–Crippen MR) is 247 cm³/mol. The van der Waals surface area contributed by atoms with E-state index in [0.29, 0.717) is 50.5 Å². The quantitative estimate of drug-likeness (QED) is 0.0624. The third kappa shape index (κ3) is 10.2. The van der Waals surface area contributed by atoms with Crippen molar-refractivity contribution >= 4 is 22.4 Å². The van der Waals surface area contributed by atoms with E-state index in [2.05, 4.69) is 72.7 Å². The van der Waals surface area contributed by atoms with Crippen LogP contribution in [-0.4, -0.2) is 70.6 Å². The lowest BCUT2D eigenvalue weighted by Gasteiger charge is -2.60. The van der Waals surface area contributed by atoms with Crippen molar-refractivity contribution in [3.8, 4) is 11.5 Å². The minimum Gasteiger partial charge on any atom is -0.490 e. The smallest absolute Gasteiger partial charge is 0.239 e. The summed E-state index contributed by atoms with van der Waals surface area (Å²) in [5.41, 5.74) is 3.36. The van der Waals surface area contributed by atoms with Crippen molar-refractivity contribution in [3.05, 3.63) is 109 Å². The second kappa shape index (κ2) is 20.8. The maximum absolute atomic E-state index is 15.4. The molecule has 0 aromatic heterocycles. The van der Waals surface area contributed by atoms with Crippen LogP contribution in [0.4, 0.5) is 0 Å². The summed E-state index contributed by atoms with van der Waals surface area (Å²) in [7, 11) is 0. The van der Waals surface area contributed by atoms with Crippen molar-refractivity contribution in [1.82, 2.24) is 4.90 Å². The topological polar surface area (TPSA) is 110 Å². The number of aliphatic hydroxyl groups is 2. The average molecular weight is 847 g/mol. The number of hydrogen-bond acceptors (Lipinski definition) is 8. The minimum absolute atomic E-state index is 0.0798. The van der Waals surface area contributed by atoms with Crippen LogP contribution in [0.2, 0.25) is 0 Å². The van der Waals surface area contributed by atoms with Gasteiger partial charge in [0.25, 0.3) is 0 Å². The SMILES string of the molecule is C=CCOc1ccc2c(c1)[C@H]1[C@H](CCCCO)[C@@H](CCCCO)C=C3C(=NOC(C)(C)C)C[C@H](N(Cc4cccc5ccccc45)C(=O)CCC4CCCC4)[C@@](OCC=C)(O2)[C@H]31. The molecule has 334 valence electrons. The van der Waals surface area contributed by atoms with Gasteiger partial charge in [-0.3, -0.25) is 4.79 Å². The van der Waals surface area contributed by atoms with E-state index in [1.54, 1.807) is 12.2 Å². The number of allylic oxidation sites excluding steroid dienone is 1. The number of nitrogens with zero attached hydrogens (tertiary/aromatic N) is 2. The first-order valence-corrected chi connectivity index (χ1v) is 23.4. The molecular weight excluding hydrogens is 777 g/mol. The van der Waals surface area contributed by atoms with E-state index in [1.165, 1.54) is 25.7 Å². The first-order chi connectivity index (χ1) is 30.1. The van der Waals surface area contributed by atoms with Gasteiger partial charge in [-0.05, 0) is 111 Å². The van der Waals surface area contributed by atoms with Crippen molar-refractivity contribution in [2.24, 2.45) is 28.8 Å². The molecule has 2 fully saturated rings. The lowest BCUT2D eigenvalue weighted by Crippen LogP contribution is -2.70. The zero-order chi connectivity index (χ0) is 43.7. The van der Waals surface area contributed by atoms with Crippen LogP contribution < -0.4 is 9.47 Å². The maximum Gasteiger partial charge on any atom is 0.239 e. The zero-order valence-electron chi connectivity index (χ0n) is 37.4. The summed E-state index contributed by atoms with van der Waals surface area (Å²) in [5.74, 6) is 0.454. The highest BCUT2D eigenvalue weighted by molar-refractivity contribution is 6.03. The van der Waals surface area contributed by atoms with E-state index < -0.39 is 23.3 Å². The van der Waals surface area contributed by atoms with Crippen LogP contribution in [0.5, 0.6) is 11.5 Å². The molecule has 2 N–H and O–H groups in total. The van der Waals surface area contributed by atoms with Crippen molar-refractivity contribution in [2.75, 3.05) is 26.4 Å². The van der Waals surface area contributed by atoms with Crippen LogP contribution in [0.1, 0.15) is 121 Å². The lowest BCUT2D eigenvalue weighted by molar-refractivity contribution is -0.258. The number of oxime groups is 1.